The van der Waals surface area contributed by atoms with Crippen molar-refractivity contribution in [3.05, 3.63) is 74.5 Å². The summed E-state index contributed by atoms with van der Waals surface area (Å²) in [5.74, 6) is 0.0159. The Morgan fingerprint density at radius 1 is 1.17 bits per heavy atom. The maximum Gasteiger partial charge on any atom is 0.244 e. The van der Waals surface area contributed by atoms with Crippen molar-refractivity contribution in [2.45, 2.75) is 6.54 Å². The minimum Gasteiger partial charge on any atom is -0.461 e. The number of amides is 1. The highest BCUT2D eigenvalue weighted by atomic mass is 32.1. The number of thiophene rings is 2. The van der Waals surface area contributed by atoms with Crippen molar-refractivity contribution >= 4 is 40.4 Å². The molecule has 0 aromatic carbocycles. The molecule has 1 N–H and O–H groups in total. The molecule has 0 aliphatic heterocycles. The van der Waals surface area contributed by atoms with Gasteiger partial charge in [-0.05, 0) is 41.8 Å². The van der Waals surface area contributed by atoms with Crippen molar-refractivity contribution in [2.24, 2.45) is 0 Å². The molecule has 3 aromatic heterocycles. The van der Waals surface area contributed by atoms with E-state index in [0.29, 0.717) is 17.2 Å². The molecule has 3 rings (SSSR count). The van der Waals surface area contributed by atoms with E-state index in [1.165, 1.54) is 23.7 Å². The number of furan rings is 1. The number of hydrogen-bond acceptors (Lipinski definition) is 5. The lowest BCUT2D eigenvalue weighted by atomic mass is 10.2. The lowest BCUT2D eigenvalue weighted by Gasteiger charge is -1.98. The normalized spacial score (nSPS) is 11.0. The van der Waals surface area contributed by atoms with E-state index >= 15 is 0 Å². The molecule has 0 unspecified atom stereocenters. The molecular weight excluding hydrogens is 330 g/mol. The lowest BCUT2D eigenvalue weighted by molar-refractivity contribution is -0.116. The van der Waals surface area contributed by atoms with E-state index in [4.69, 9.17) is 4.42 Å². The Hall–Kier alpha value is -2.44. The van der Waals surface area contributed by atoms with Gasteiger partial charge in [0.05, 0.1) is 17.7 Å². The van der Waals surface area contributed by atoms with Gasteiger partial charge in [-0.3, -0.25) is 9.59 Å². The fraction of sp³-hybridized carbons (Fsp3) is 0.0588. The van der Waals surface area contributed by atoms with Crippen molar-refractivity contribution in [1.82, 2.24) is 5.32 Å². The molecule has 0 radical (unpaired) electrons. The molecule has 23 heavy (non-hydrogen) atoms. The molecule has 0 saturated heterocycles. The summed E-state index contributed by atoms with van der Waals surface area (Å²) in [5.41, 5.74) is 0. The molecule has 0 aliphatic carbocycles. The molecule has 4 nitrogen and oxygen atoms in total. The van der Waals surface area contributed by atoms with Gasteiger partial charge in [0.2, 0.25) is 11.7 Å². The third kappa shape index (κ3) is 4.06. The number of carbonyl (C=O) groups excluding carboxylic acids is 2. The zero-order chi connectivity index (χ0) is 16.1. The van der Waals surface area contributed by atoms with E-state index in [2.05, 4.69) is 5.32 Å². The molecule has 0 saturated carbocycles. The van der Waals surface area contributed by atoms with Crippen LogP contribution in [0.2, 0.25) is 0 Å². The second kappa shape index (κ2) is 7.21. The number of hydrogen-bond donors (Lipinski definition) is 1. The van der Waals surface area contributed by atoms with Crippen molar-refractivity contribution in [2.75, 3.05) is 0 Å². The van der Waals surface area contributed by atoms with Crippen LogP contribution in [0.15, 0.2) is 58.5 Å². The average Bonchev–Trinajstić information content (AvgIpc) is 3.33. The van der Waals surface area contributed by atoms with Gasteiger partial charge in [-0.1, -0.05) is 6.07 Å². The Balaban J connectivity index is 1.55. The van der Waals surface area contributed by atoms with Crippen LogP contribution in [-0.4, -0.2) is 11.7 Å². The van der Waals surface area contributed by atoms with Crippen LogP contribution in [0.1, 0.15) is 25.2 Å². The van der Waals surface area contributed by atoms with Crippen molar-refractivity contribution < 1.29 is 14.0 Å². The summed E-state index contributed by atoms with van der Waals surface area (Å²) in [5, 5.41) is 4.76. The molecule has 116 valence electrons. The fourth-order valence-electron chi connectivity index (χ4n) is 1.90. The maximum absolute atomic E-state index is 12.1. The van der Waals surface area contributed by atoms with E-state index in [9.17, 15) is 9.59 Å². The smallest absolute Gasteiger partial charge is 0.244 e. The quantitative estimate of drug-likeness (QED) is 0.544. The molecule has 0 bridgehead atoms. The summed E-state index contributed by atoms with van der Waals surface area (Å²) in [6, 6.07) is 10.8. The SMILES string of the molecule is O=C(/C=C/c1cccs1)NCc1ccc(C(=O)c2ccco2)s1. The van der Waals surface area contributed by atoms with Crippen LogP contribution in [0.5, 0.6) is 0 Å². The molecule has 0 aliphatic rings. The van der Waals surface area contributed by atoms with Gasteiger partial charge in [0.25, 0.3) is 0 Å². The van der Waals surface area contributed by atoms with Gasteiger partial charge < -0.3 is 9.73 Å². The first-order chi connectivity index (χ1) is 11.2. The first kappa shape index (κ1) is 15.5. The monoisotopic (exact) mass is 343 g/mol. The Morgan fingerprint density at radius 3 is 2.83 bits per heavy atom. The minimum absolute atomic E-state index is 0.143. The molecule has 3 heterocycles. The highest BCUT2D eigenvalue weighted by Crippen LogP contribution is 2.20. The maximum atomic E-state index is 12.1. The first-order valence-electron chi connectivity index (χ1n) is 6.89. The van der Waals surface area contributed by atoms with E-state index in [-0.39, 0.29) is 11.7 Å². The Labute approximate surface area is 141 Å². The number of ketones is 1. The lowest BCUT2D eigenvalue weighted by Crippen LogP contribution is -2.19. The summed E-state index contributed by atoms with van der Waals surface area (Å²) in [6.45, 7) is 0.393. The van der Waals surface area contributed by atoms with Crippen molar-refractivity contribution in [3.63, 3.8) is 0 Å². The van der Waals surface area contributed by atoms with Gasteiger partial charge in [-0.25, -0.2) is 0 Å². The third-order valence-corrected chi connectivity index (χ3v) is 4.93. The van der Waals surface area contributed by atoms with Crippen LogP contribution >= 0.6 is 22.7 Å². The Morgan fingerprint density at radius 2 is 2.09 bits per heavy atom. The van der Waals surface area contributed by atoms with Crippen LogP contribution in [0.3, 0.4) is 0 Å². The van der Waals surface area contributed by atoms with Gasteiger partial charge in [-0.2, -0.15) is 0 Å². The molecule has 0 atom stereocenters. The van der Waals surface area contributed by atoms with E-state index in [1.807, 2.05) is 23.6 Å². The van der Waals surface area contributed by atoms with Gasteiger partial charge >= 0.3 is 0 Å². The molecule has 0 spiro atoms. The summed E-state index contributed by atoms with van der Waals surface area (Å²) >= 11 is 2.92. The molecular formula is C17H13NO3S2. The summed E-state index contributed by atoms with van der Waals surface area (Å²) in [6.07, 6.45) is 4.76. The van der Waals surface area contributed by atoms with Crippen LogP contribution < -0.4 is 5.32 Å². The van der Waals surface area contributed by atoms with Crippen molar-refractivity contribution in [1.29, 1.82) is 0 Å². The number of rotatable bonds is 6. The molecule has 3 aromatic rings. The largest absolute Gasteiger partial charge is 0.461 e. The first-order valence-corrected chi connectivity index (χ1v) is 8.58. The van der Waals surface area contributed by atoms with Gasteiger partial charge in [0, 0.05) is 15.8 Å². The van der Waals surface area contributed by atoms with E-state index in [0.717, 1.165) is 9.75 Å². The highest BCUT2D eigenvalue weighted by Gasteiger charge is 2.14. The van der Waals surface area contributed by atoms with E-state index in [1.54, 1.807) is 35.6 Å². The average molecular weight is 343 g/mol. The number of nitrogens with one attached hydrogen (secondary N) is 1. The standard InChI is InChI=1S/C17H13NO3S2/c19-16(8-6-12-3-2-10-22-12)18-11-13-5-7-15(23-13)17(20)14-4-1-9-21-14/h1-10H,11H2,(H,18,19)/b8-6+. The second-order valence-corrected chi connectivity index (χ2v) is 6.79. The number of carbonyl (C=O) groups is 2. The highest BCUT2D eigenvalue weighted by molar-refractivity contribution is 7.14. The minimum atomic E-state index is -0.161. The fourth-order valence-corrected chi connectivity index (χ4v) is 3.41. The zero-order valence-electron chi connectivity index (χ0n) is 12.0. The molecule has 6 heteroatoms. The third-order valence-electron chi connectivity index (χ3n) is 3.01. The topological polar surface area (TPSA) is 59.3 Å². The van der Waals surface area contributed by atoms with E-state index < -0.39 is 0 Å². The van der Waals surface area contributed by atoms with Crippen LogP contribution in [0.4, 0.5) is 0 Å². The van der Waals surface area contributed by atoms with Gasteiger partial charge in [0.1, 0.15) is 0 Å². The zero-order valence-corrected chi connectivity index (χ0v) is 13.7. The van der Waals surface area contributed by atoms with Crippen LogP contribution in [-0.2, 0) is 11.3 Å². The predicted octanol–water partition coefficient (Wildman–Crippen LogP) is 3.96. The second-order valence-electron chi connectivity index (χ2n) is 4.64. The predicted molar refractivity (Wildman–Crippen MR) is 91.7 cm³/mol. The summed E-state index contributed by atoms with van der Waals surface area (Å²) in [4.78, 5) is 26.4. The Bertz CT molecular complexity index is 814. The van der Waals surface area contributed by atoms with Crippen molar-refractivity contribution in [3.8, 4) is 0 Å². The van der Waals surface area contributed by atoms with Crippen LogP contribution in [0.25, 0.3) is 6.08 Å². The molecule has 1 amide bonds. The summed E-state index contributed by atoms with van der Waals surface area (Å²) in [7, 11) is 0. The molecule has 0 fully saturated rings. The van der Waals surface area contributed by atoms with Gasteiger partial charge in [0.15, 0.2) is 5.76 Å². The Kier molecular flexibility index (Phi) is 4.85. The summed E-state index contributed by atoms with van der Waals surface area (Å²) < 4.78 is 5.10. The van der Waals surface area contributed by atoms with Gasteiger partial charge in [-0.15, -0.1) is 22.7 Å². The van der Waals surface area contributed by atoms with Crippen LogP contribution in [0, 0.1) is 0 Å².